The van der Waals surface area contributed by atoms with Crippen LogP contribution >= 0.6 is 0 Å². The van der Waals surface area contributed by atoms with Gasteiger partial charge in [0.15, 0.2) is 0 Å². The molecule has 2 nitrogen and oxygen atoms in total. The number of nitrogens with zero attached hydrogens (tertiary/aromatic N) is 2. The second-order valence-electron chi connectivity index (χ2n) is 2.87. The smallest absolute Gasteiger partial charge is 0.0669 e. The Kier molecular flexibility index (Phi) is 3.06. The first kappa shape index (κ1) is 9.29. The lowest BCUT2D eigenvalue weighted by Crippen LogP contribution is -1.93. The van der Waals surface area contributed by atoms with Crippen molar-refractivity contribution in [1.29, 1.82) is 10.5 Å². The van der Waals surface area contributed by atoms with Crippen LogP contribution in [0.3, 0.4) is 0 Å². The molecule has 0 aliphatic carbocycles. The molecule has 0 unspecified atom stereocenters. The van der Waals surface area contributed by atoms with E-state index in [1.165, 1.54) is 0 Å². The van der Waals surface area contributed by atoms with Crippen molar-refractivity contribution in [2.45, 2.75) is 19.8 Å². The van der Waals surface area contributed by atoms with E-state index < -0.39 is 0 Å². The fourth-order valence-corrected chi connectivity index (χ4v) is 1.29. The van der Waals surface area contributed by atoms with Crippen LogP contribution in [0.25, 0.3) is 0 Å². The lowest BCUT2D eigenvalue weighted by molar-refractivity contribution is 1.14. The summed E-state index contributed by atoms with van der Waals surface area (Å²) in [5.41, 5.74) is 3.12. The molecule has 0 aliphatic rings. The van der Waals surface area contributed by atoms with E-state index >= 15 is 0 Å². The van der Waals surface area contributed by atoms with E-state index in [1.807, 2.05) is 25.1 Å². The van der Waals surface area contributed by atoms with Crippen molar-refractivity contribution >= 4 is 0 Å². The molecule has 2 heteroatoms. The minimum absolute atomic E-state index is 0.422. The van der Waals surface area contributed by atoms with E-state index in [4.69, 9.17) is 10.5 Å². The number of hydrogen-bond donors (Lipinski definition) is 0. The molecule has 0 bridgehead atoms. The maximum Gasteiger partial charge on any atom is 0.0669 e. The lowest BCUT2D eigenvalue weighted by atomic mass is 9.99. The Hall–Kier alpha value is -1.80. The Labute approximate surface area is 78.0 Å². The highest BCUT2D eigenvalue weighted by molar-refractivity contribution is 5.36. The third kappa shape index (κ3) is 2.07. The van der Waals surface area contributed by atoms with E-state index in [0.717, 1.165) is 16.7 Å². The average Bonchev–Trinajstić information content (AvgIpc) is 2.13. The molecule has 0 N–H and O–H groups in total. The third-order valence-electron chi connectivity index (χ3n) is 2.10. The van der Waals surface area contributed by atoms with Gasteiger partial charge in [0.05, 0.1) is 25.0 Å². The normalized spacial score (nSPS) is 8.85. The van der Waals surface area contributed by atoms with Gasteiger partial charge in [0.25, 0.3) is 0 Å². The van der Waals surface area contributed by atoms with Crippen LogP contribution in [0, 0.1) is 29.6 Å². The van der Waals surface area contributed by atoms with Gasteiger partial charge in [0.1, 0.15) is 0 Å². The van der Waals surface area contributed by atoms with E-state index in [2.05, 4.69) is 12.1 Å². The van der Waals surface area contributed by atoms with Gasteiger partial charge in [0, 0.05) is 0 Å². The summed E-state index contributed by atoms with van der Waals surface area (Å²) in [5, 5.41) is 17.1. The van der Waals surface area contributed by atoms with Crippen LogP contribution in [0.4, 0.5) is 0 Å². The Morgan fingerprint density at radius 2 is 1.54 bits per heavy atom. The molecule has 0 atom stereocenters. The SMILES string of the molecule is Cc1c(CC#N)cccc1CC#N. The standard InChI is InChI=1S/C11H10N2/c1-9-10(5-7-12)3-2-4-11(9)6-8-13/h2-4H,5-6H2,1H3. The predicted molar refractivity (Wildman–Crippen MR) is 49.8 cm³/mol. The van der Waals surface area contributed by atoms with Crippen molar-refractivity contribution in [3.8, 4) is 12.1 Å². The van der Waals surface area contributed by atoms with Gasteiger partial charge >= 0.3 is 0 Å². The summed E-state index contributed by atoms with van der Waals surface area (Å²) in [5.74, 6) is 0. The molecule has 13 heavy (non-hydrogen) atoms. The van der Waals surface area contributed by atoms with Crippen LogP contribution in [-0.2, 0) is 12.8 Å². The van der Waals surface area contributed by atoms with Crippen LogP contribution < -0.4 is 0 Å². The summed E-state index contributed by atoms with van der Waals surface area (Å²) in [7, 11) is 0. The predicted octanol–water partition coefficient (Wildman–Crippen LogP) is 2.13. The first-order chi connectivity index (χ1) is 6.29. The molecule has 0 saturated carbocycles. The van der Waals surface area contributed by atoms with Crippen molar-refractivity contribution in [2.75, 3.05) is 0 Å². The summed E-state index contributed by atoms with van der Waals surface area (Å²) < 4.78 is 0. The Morgan fingerprint density at radius 3 is 1.92 bits per heavy atom. The van der Waals surface area contributed by atoms with E-state index in [0.29, 0.717) is 12.8 Å². The van der Waals surface area contributed by atoms with Gasteiger partial charge in [-0.3, -0.25) is 0 Å². The molecular weight excluding hydrogens is 160 g/mol. The van der Waals surface area contributed by atoms with Gasteiger partial charge in [-0.15, -0.1) is 0 Å². The van der Waals surface area contributed by atoms with E-state index in [1.54, 1.807) is 0 Å². The molecule has 0 saturated heterocycles. The zero-order valence-electron chi connectivity index (χ0n) is 7.54. The molecule has 1 rings (SSSR count). The molecule has 0 fully saturated rings. The van der Waals surface area contributed by atoms with Crippen molar-refractivity contribution in [3.05, 3.63) is 34.9 Å². The van der Waals surface area contributed by atoms with Crippen molar-refractivity contribution < 1.29 is 0 Å². The van der Waals surface area contributed by atoms with Gasteiger partial charge in [-0.25, -0.2) is 0 Å². The molecule has 1 aromatic carbocycles. The van der Waals surface area contributed by atoms with Crippen LogP contribution in [0.5, 0.6) is 0 Å². The molecule has 0 aliphatic heterocycles. The van der Waals surface area contributed by atoms with Crippen LogP contribution in [0.1, 0.15) is 16.7 Å². The minimum Gasteiger partial charge on any atom is -0.198 e. The van der Waals surface area contributed by atoms with Crippen molar-refractivity contribution in [1.82, 2.24) is 0 Å². The second kappa shape index (κ2) is 4.28. The fraction of sp³-hybridized carbons (Fsp3) is 0.273. The van der Waals surface area contributed by atoms with Gasteiger partial charge in [-0.1, -0.05) is 18.2 Å². The number of benzene rings is 1. The molecule has 0 radical (unpaired) electrons. The fourth-order valence-electron chi connectivity index (χ4n) is 1.29. The molecular formula is C11H10N2. The largest absolute Gasteiger partial charge is 0.198 e. The number of rotatable bonds is 2. The Morgan fingerprint density at radius 1 is 1.08 bits per heavy atom. The molecule has 1 aromatic rings. The summed E-state index contributed by atoms with van der Waals surface area (Å²) >= 11 is 0. The maximum absolute atomic E-state index is 8.55. The maximum atomic E-state index is 8.55. The highest BCUT2D eigenvalue weighted by atomic mass is 14.2. The molecule has 64 valence electrons. The first-order valence-electron chi connectivity index (χ1n) is 4.11. The molecule has 0 heterocycles. The summed E-state index contributed by atoms with van der Waals surface area (Å²) in [6.07, 6.45) is 0.843. The monoisotopic (exact) mass is 170 g/mol. The first-order valence-corrected chi connectivity index (χ1v) is 4.11. The molecule has 0 aromatic heterocycles. The number of hydrogen-bond acceptors (Lipinski definition) is 2. The average molecular weight is 170 g/mol. The Balaban J connectivity index is 3.06. The van der Waals surface area contributed by atoms with Crippen LogP contribution in [-0.4, -0.2) is 0 Å². The van der Waals surface area contributed by atoms with Crippen LogP contribution in [0.15, 0.2) is 18.2 Å². The molecule has 0 amide bonds. The molecule has 0 spiro atoms. The van der Waals surface area contributed by atoms with Gasteiger partial charge in [0.2, 0.25) is 0 Å². The van der Waals surface area contributed by atoms with Crippen molar-refractivity contribution in [3.63, 3.8) is 0 Å². The highest BCUT2D eigenvalue weighted by Gasteiger charge is 2.02. The number of nitriles is 2. The second-order valence-corrected chi connectivity index (χ2v) is 2.87. The highest BCUT2D eigenvalue weighted by Crippen LogP contribution is 2.14. The summed E-state index contributed by atoms with van der Waals surface area (Å²) in [6, 6.07) is 9.98. The third-order valence-corrected chi connectivity index (χ3v) is 2.10. The van der Waals surface area contributed by atoms with Crippen LogP contribution in [0.2, 0.25) is 0 Å². The minimum atomic E-state index is 0.422. The summed E-state index contributed by atoms with van der Waals surface area (Å²) in [6.45, 7) is 1.96. The van der Waals surface area contributed by atoms with Crippen molar-refractivity contribution in [2.24, 2.45) is 0 Å². The summed E-state index contributed by atoms with van der Waals surface area (Å²) in [4.78, 5) is 0. The Bertz CT molecular complexity index is 346. The zero-order valence-corrected chi connectivity index (χ0v) is 7.54. The van der Waals surface area contributed by atoms with E-state index in [-0.39, 0.29) is 0 Å². The topological polar surface area (TPSA) is 47.6 Å². The quantitative estimate of drug-likeness (QED) is 0.682. The van der Waals surface area contributed by atoms with Gasteiger partial charge in [-0.2, -0.15) is 10.5 Å². The van der Waals surface area contributed by atoms with Gasteiger partial charge in [-0.05, 0) is 23.6 Å². The zero-order chi connectivity index (χ0) is 9.68. The van der Waals surface area contributed by atoms with E-state index in [9.17, 15) is 0 Å². The van der Waals surface area contributed by atoms with Gasteiger partial charge < -0.3 is 0 Å². The lowest BCUT2D eigenvalue weighted by Gasteiger charge is -2.05.